The average molecular weight is 523 g/mol. The maximum atomic E-state index is 13.0. The molecule has 0 aliphatic heterocycles. The standard InChI is InChI=1S/C20H20BrCl3N2O3/c1-3-17(20(28)25-2)26(10-12-4-6-14(22)9-15(12)23)19(27)11-29-18-7-5-13(21)8-16(18)24/h4-9,17H,3,10-11H2,1-2H3,(H,25,28)/t17-/m0/s1. The van der Waals surface area contributed by atoms with Crippen LogP contribution in [0.5, 0.6) is 5.75 Å². The van der Waals surface area contributed by atoms with Gasteiger partial charge in [0.15, 0.2) is 6.61 Å². The highest BCUT2D eigenvalue weighted by Gasteiger charge is 2.29. The van der Waals surface area contributed by atoms with Crippen LogP contribution in [0.4, 0.5) is 0 Å². The molecule has 156 valence electrons. The van der Waals surface area contributed by atoms with E-state index in [1.807, 2.05) is 6.92 Å². The second-order valence-corrected chi connectivity index (χ2v) is 8.33. The molecule has 29 heavy (non-hydrogen) atoms. The van der Waals surface area contributed by atoms with Crippen molar-refractivity contribution in [2.24, 2.45) is 0 Å². The third-order valence-corrected chi connectivity index (χ3v) is 5.61. The Morgan fingerprint density at radius 1 is 1.14 bits per heavy atom. The molecule has 1 N–H and O–H groups in total. The van der Waals surface area contributed by atoms with Crippen LogP contribution in [-0.4, -0.2) is 36.4 Å². The molecule has 0 aromatic heterocycles. The summed E-state index contributed by atoms with van der Waals surface area (Å²) in [7, 11) is 1.53. The fourth-order valence-corrected chi connectivity index (χ4v) is 3.93. The van der Waals surface area contributed by atoms with Crippen molar-refractivity contribution in [2.45, 2.75) is 25.9 Å². The first-order valence-electron chi connectivity index (χ1n) is 8.79. The normalized spacial score (nSPS) is 11.7. The van der Waals surface area contributed by atoms with Gasteiger partial charge < -0.3 is 15.0 Å². The summed E-state index contributed by atoms with van der Waals surface area (Å²) in [6.45, 7) is 1.69. The first-order valence-corrected chi connectivity index (χ1v) is 10.7. The monoisotopic (exact) mass is 520 g/mol. The van der Waals surface area contributed by atoms with Crippen LogP contribution in [0.1, 0.15) is 18.9 Å². The number of nitrogens with one attached hydrogen (secondary N) is 1. The third kappa shape index (κ3) is 6.51. The predicted octanol–water partition coefficient (Wildman–Crippen LogP) is 5.34. The van der Waals surface area contributed by atoms with Gasteiger partial charge in [0.1, 0.15) is 11.8 Å². The Bertz CT molecular complexity index is 895. The van der Waals surface area contributed by atoms with E-state index < -0.39 is 6.04 Å². The van der Waals surface area contributed by atoms with E-state index in [2.05, 4.69) is 21.2 Å². The molecule has 2 aromatic carbocycles. The van der Waals surface area contributed by atoms with Crippen LogP contribution in [0.25, 0.3) is 0 Å². The van der Waals surface area contributed by atoms with Gasteiger partial charge in [-0.3, -0.25) is 9.59 Å². The first-order chi connectivity index (χ1) is 13.8. The Hall–Kier alpha value is -1.47. The van der Waals surface area contributed by atoms with Crippen LogP contribution >= 0.6 is 50.7 Å². The molecular weight excluding hydrogens is 502 g/mol. The summed E-state index contributed by atoms with van der Waals surface area (Å²) >= 11 is 21.7. The minimum atomic E-state index is -0.678. The van der Waals surface area contributed by atoms with E-state index in [1.165, 1.54) is 11.9 Å². The van der Waals surface area contributed by atoms with E-state index in [1.54, 1.807) is 36.4 Å². The van der Waals surface area contributed by atoms with E-state index in [0.29, 0.717) is 32.8 Å². The molecule has 2 aromatic rings. The number of halogens is 4. The molecule has 0 radical (unpaired) electrons. The van der Waals surface area contributed by atoms with Crippen molar-refractivity contribution in [3.63, 3.8) is 0 Å². The van der Waals surface area contributed by atoms with Gasteiger partial charge in [-0.05, 0) is 42.3 Å². The molecular formula is C20H20BrCl3N2O3. The highest BCUT2D eigenvalue weighted by atomic mass is 79.9. The summed E-state index contributed by atoms with van der Waals surface area (Å²) in [5.41, 5.74) is 0.674. The van der Waals surface area contributed by atoms with Crippen LogP contribution in [0.2, 0.25) is 15.1 Å². The molecule has 0 spiro atoms. The van der Waals surface area contributed by atoms with Crippen molar-refractivity contribution in [3.8, 4) is 5.75 Å². The smallest absolute Gasteiger partial charge is 0.261 e. The largest absolute Gasteiger partial charge is 0.482 e. The number of amides is 2. The van der Waals surface area contributed by atoms with E-state index in [-0.39, 0.29) is 25.0 Å². The minimum absolute atomic E-state index is 0.137. The van der Waals surface area contributed by atoms with Gasteiger partial charge in [-0.25, -0.2) is 0 Å². The lowest BCUT2D eigenvalue weighted by molar-refractivity contribution is -0.142. The molecule has 5 nitrogen and oxygen atoms in total. The zero-order chi connectivity index (χ0) is 21.6. The number of benzene rings is 2. The lowest BCUT2D eigenvalue weighted by Crippen LogP contribution is -2.49. The summed E-state index contributed by atoms with van der Waals surface area (Å²) in [5, 5.41) is 3.87. The van der Waals surface area contributed by atoms with Crippen LogP contribution in [-0.2, 0) is 16.1 Å². The van der Waals surface area contributed by atoms with Gasteiger partial charge in [0, 0.05) is 28.1 Å². The lowest BCUT2D eigenvalue weighted by atomic mass is 10.1. The summed E-state index contributed by atoms with van der Waals surface area (Å²) in [6, 6.07) is 9.43. The van der Waals surface area contributed by atoms with Gasteiger partial charge in [0.25, 0.3) is 5.91 Å². The molecule has 0 unspecified atom stereocenters. The number of ether oxygens (including phenoxy) is 1. The van der Waals surface area contributed by atoms with Crippen molar-refractivity contribution >= 4 is 62.5 Å². The van der Waals surface area contributed by atoms with Crippen molar-refractivity contribution < 1.29 is 14.3 Å². The molecule has 0 aliphatic carbocycles. The number of rotatable bonds is 8. The Morgan fingerprint density at radius 2 is 1.86 bits per heavy atom. The van der Waals surface area contributed by atoms with Gasteiger partial charge in [0.2, 0.25) is 5.91 Å². The fourth-order valence-electron chi connectivity index (χ4n) is 2.73. The highest BCUT2D eigenvalue weighted by molar-refractivity contribution is 9.10. The number of carbonyl (C=O) groups is 2. The number of likely N-dealkylation sites (N-methyl/N-ethyl adjacent to an activating group) is 1. The molecule has 2 amide bonds. The molecule has 9 heteroatoms. The van der Waals surface area contributed by atoms with Crippen molar-refractivity contribution in [3.05, 3.63) is 61.5 Å². The molecule has 0 saturated heterocycles. The lowest BCUT2D eigenvalue weighted by Gasteiger charge is -2.30. The maximum Gasteiger partial charge on any atom is 0.261 e. The molecule has 0 heterocycles. The Kier molecular flexibility index (Phi) is 9.08. The number of hydrogen-bond acceptors (Lipinski definition) is 3. The van der Waals surface area contributed by atoms with Crippen molar-refractivity contribution in [1.29, 1.82) is 0 Å². The zero-order valence-electron chi connectivity index (χ0n) is 15.8. The topological polar surface area (TPSA) is 58.6 Å². The van der Waals surface area contributed by atoms with Gasteiger partial charge in [-0.15, -0.1) is 0 Å². The number of carbonyl (C=O) groups excluding carboxylic acids is 2. The van der Waals surface area contributed by atoms with Crippen LogP contribution < -0.4 is 10.1 Å². The van der Waals surface area contributed by atoms with E-state index in [4.69, 9.17) is 39.5 Å². The fraction of sp³-hybridized carbons (Fsp3) is 0.300. The Balaban J connectivity index is 2.25. The van der Waals surface area contributed by atoms with Crippen LogP contribution in [0, 0.1) is 0 Å². The summed E-state index contributed by atoms with van der Waals surface area (Å²) in [4.78, 5) is 26.8. The Labute approximate surface area is 193 Å². The number of hydrogen-bond donors (Lipinski definition) is 1. The van der Waals surface area contributed by atoms with Crippen molar-refractivity contribution in [1.82, 2.24) is 10.2 Å². The van der Waals surface area contributed by atoms with Crippen molar-refractivity contribution in [2.75, 3.05) is 13.7 Å². The summed E-state index contributed by atoms with van der Waals surface area (Å²) < 4.78 is 6.40. The van der Waals surface area contributed by atoms with Gasteiger partial charge in [-0.2, -0.15) is 0 Å². The van der Waals surface area contributed by atoms with E-state index in [9.17, 15) is 9.59 Å². The molecule has 0 bridgehead atoms. The molecule has 2 rings (SSSR count). The van der Waals surface area contributed by atoms with Gasteiger partial charge in [-0.1, -0.05) is 63.7 Å². The van der Waals surface area contributed by atoms with Gasteiger partial charge >= 0.3 is 0 Å². The second-order valence-electron chi connectivity index (χ2n) is 6.16. The second kappa shape index (κ2) is 11.1. The SMILES string of the molecule is CC[C@@H](C(=O)NC)N(Cc1ccc(Cl)cc1Cl)C(=O)COc1ccc(Br)cc1Cl. The number of nitrogens with zero attached hydrogens (tertiary/aromatic N) is 1. The van der Waals surface area contributed by atoms with E-state index in [0.717, 1.165) is 4.47 Å². The maximum absolute atomic E-state index is 13.0. The Morgan fingerprint density at radius 3 is 2.45 bits per heavy atom. The minimum Gasteiger partial charge on any atom is -0.482 e. The zero-order valence-corrected chi connectivity index (χ0v) is 19.7. The molecule has 1 atom stereocenters. The predicted molar refractivity (Wildman–Crippen MR) is 120 cm³/mol. The van der Waals surface area contributed by atoms with Gasteiger partial charge in [0.05, 0.1) is 5.02 Å². The van der Waals surface area contributed by atoms with Crippen LogP contribution in [0.15, 0.2) is 40.9 Å². The molecule has 0 fully saturated rings. The summed E-state index contributed by atoms with van der Waals surface area (Å²) in [5.74, 6) is -0.265. The summed E-state index contributed by atoms with van der Waals surface area (Å²) in [6.07, 6.45) is 0.426. The first kappa shape index (κ1) is 23.8. The quantitative estimate of drug-likeness (QED) is 0.509. The van der Waals surface area contributed by atoms with E-state index >= 15 is 0 Å². The molecule has 0 saturated carbocycles. The highest BCUT2D eigenvalue weighted by Crippen LogP contribution is 2.28. The third-order valence-electron chi connectivity index (χ3n) is 4.23. The molecule has 0 aliphatic rings. The average Bonchev–Trinajstić information content (AvgIpc) is 2.68. The van der Waals surface area contributed by atoms with Crippen LogP contribution in [0.3, 0.4) is 0 Å².